The molecule has 3 N–H and O–H groups in total. The number of nitrogens with two attached hydrogens (primary N) is 1. The lowest BCUT2D eigenvalue weighted by Gasteiger charge is -2.08. The van der Waals surface area contributed by atoms with E-state index >= 15 is 0 Å². The first-order valence-electron chi connectivity index (χ1n) is 5.05. The molecule has 0 aromatic heterocycles. The number of benzene rings is 1. The largest absolute Gasteiger partial charge is 0.496 e. The van der Waals surface area contributed by atoms with E-state index in [1.165, 1.54) is 0 Å². The van der Waals surface area contributed by atoms with E-state index in [-0.39, 0.29) is 0 Å². The Kier molecular flexibility index (Phi) is 5.36. The van der Waals surface area contributed by atoms with Gasteiger partial charge < -0.3 is 15.8 Å². The number of rotatable bonds is 6. The van der Waals surface area contributed by atoms with Gasteiger partial charge in [-0.05, 0) is 18.7 Å². The molecular formula is C11H18N2OS. The summed E-state index contributed by atoms with van der Waals surface area (Å²) in [4.78, 5) is 1.14. The highest BCUT2D eigenvalue weighted by Gasteiger charge is 2.03. The quantitative estimate of drug-likeness (QED) is 0.442. The molecule has 0 unspecified atom stereocenters. The Morgan fingerprint density at radius 2 is 2.27 bits per heavy atom. The molecule has 0 radical (unpaired) electrons. The van der Waals surface area contributed by atoms with Crippen LogP contribution in [0.4, 0.5) is 5.69 Å². The van der Waals surface area contributed by atoms with Crippen molar-refractivity contribution in [2.75, 3.05) is 31.7 Å². The predicted molar refractivity (Wildman–Crippen MR) is 66.7 cm³/mol. The van der Waals surface area contributed by atoms with Crippen LogP contribution < -0.4 is 15.8 Å². The van der Waals surface area contributed by atoms with Crippen LogP contribution in [0.5, 0.6) is 5.75 Å². The van der Waals surface area contributed by atoms with Crippen molar-refractivity contribution < 1.29 is 4.74 Å². The highest BCUT2D eigenvalue weighted by Crippen LogP contribution is 2.30. The summed E-state index contributed by atoms with van der Waals surface area (Å²) in [5.74, 6) is 1.89. The molecular weight excluding hydrogens is 208 g/mol. The van der Waals surface area contributed by atoms with E-state index < -0.39 is 0 Å². The Morgan fingerprint density at radius 3 is 2.93 bits per heavy atom. The normalized spacial score (nSPS) is 10.3. The van der Waals surface area contributed by atoms with Gasteiger partial charge in [-0.2, -0.15) is 0 Å². The second kappa shape index (κ2) is 6.58. The molecule has 0 saturated carbocycles. The van der Waals surface area contributed by atoms with Crippen LogP contribution >= 0.6 is 11.8 Å². The Morgan fingerprint density at radius 1 is 1.47 bits per heavy atom. The van der Waals surface area contributed by atoms with Crippen molar-refractivity contribution in [2.45, 2.75) is 11.8 Å². The summed E-state index contributed by atoms with van der Waals surface area (Å²) in [6.45, 7) is 4.13. The highest BCUT2D eigenvalue weighted by molar-refractivity contribution is 7.99. The molecule has 0 saturated heterocycles. The second-order valence-corrected chi connectivity index (χ2v) is 4.25. The molecule has 0 amide bonds. The zero-order valence-electron chi connectivity index (χ0n) is 9.25. The Hall–Kier alpha value is -0.870. The molecule has 0 atom stereocenters. The summed E-state index contributed by atoms with van der Waals surface area (Å²) in [5.41, 5.74) is 6.42. The molecule has 15 heavy (non-hydrogen) atoms. The molecule has 0 aliphatic rings. The van der Waals surface area contributed by atoms with Gasteiger partial charge in [0.25, 0.3) is 0 Å². The van der Waals surface area contributed by atoms with Crippen molar-refractivity contribution in [1.29, 1.82) is 0 Å². The smallest absolute Gasteiger partial charge is 0.134 e. The number of hydrogen-bond donors (Lipinski definition) is 2. The van der Waals surface area contributed by atoms with Gasteiger partial charge in [0.05, 0.1) is 7.11 Å². The number of hydrogen-bond acceptors (Lipinski definition) is 4. The maximum absolute atomic E-state index is 5.68. The van der Waals surface area contributed by atoms with Gasteiger partial charge in [0, 0.05) is 28.9 Å². The fourth-order valence-corrected chi connectivity index (χ4v) is 2.13. The maximum atomic E-state index is 5.68. The standard InChI is InChI=1S/C11H18N2OS/c1-3-13-6-7-15-11-5-4-9(12)8-10(11)14-2/h4-5,8,13H,3,6-7,12H2,1-2H3. The van der Waals surface area contributed by atoms with Crippen LogP contribution in [0.15, 0.2) is 23.1 Å². The Labute approximate surface area is 95.4 Å². The number of nitrogen functional groups attached to an aromatic ring is 1. The van der Waals surface area contributed by atoms with Gasteiger partial charge in [-0.25, -0.2) is 0 Å². The minimum atomic E-state index is 0.739. The van der Waals surface area contributed by atoms with E-state index in [2.05, 4.69) is 12.2 Å². The van der Waals surface area contributed by atoms with Crippen LogP contribution in [0.2, 0.25) is 0 Å². The minimum absolute atomic E-state index is 0.739. The Bertz CT molecular complexity index is 305. The van der Waals surface area contributed by atoms with Crippen molar-refractivity contribution >= 4 is 17.4 Å². The maximum Gasteiger partial charge on any atom is 0.134 e. The van der Waals surface area contributed by atoms with Crippen molar-refractivity contribution in [3.05, 3.63) is 18.2 Å². The van der Waals surface area contributed by atoms with Gasteiger partial charge in [0.1, 0.15) is 5.75 Å². The van der Waals surface area contributed by atoms with Crippen molar-refractivity contribution in [3.63, 3.8) is 0 Å². The third kappa shape index (κ3) is 4.01. The molecule has 0 aliphatic heterocycles. The van der Waals surface area contributed by atoms with Crippen LogP contribution in [-0.2, 0) is 0 Å². The summed E-state index contributed by atoms with van der Waals surface area (Å²) in [6, 6.07) is 5.76. The van der Waals surface area contributed by atoms with Crippen LogP contribution in [0.3, 0.4) is 0 Å². The lowest BCUT2D eigenvalue weighted by molar-refractivity contribution is 0.405. The molecule has 1 aromatic rings. The lowest BCUT2D eigenvalue weighted by Crippen LogP contribution is -2.15. The van der Waals surface area contributed by atoms with Gasteiger partial charge in [0.2, 0.25) is 0 Å². The topological polar surface area (TPSA) is 47.3 Å². The van der Waals surface area contributed by atoms with Crippen LogP contribution in [0.25, 0.3) is 0 Å². The molecule has 0 fully saturated rings. The molecule has 1 aromatic carbocycles. The van der Waals surface area contributed by atoms with E-state index in [1.54, 1.807) is 18.9 Å². The monoisotopic (exact) mass is 226 g/mol. The summed E-state index contributed by atoms with van der Waals surface area (Å²) in [6.07, 6.45) is 0. The number of nitrogens with one attached hydrogen (secondary N) is 1. The van der Waals surface area contributed by atoms with Gasteiger partial charge >= 0.3 is 0 Å². The number of thioether (sulfide) groups is 1. The van der Waals surface area contributed by atoms with E-state index in [9.17, 15) is 0 Å². The third-order valence-electron chi connectivity index (χ3n) is 1.97. The molecule has 0 aliphatic carbocycles. The molecule has 0 bridgehead atoms. The first-order chi connectivity index (χ1) is 7.27. The van der Waals surface area contributed by atoms with Crippen LogP contribution in [0, 0.1) is 0 Å². The Balaban J connectivity index is 2.52. The summed E-state index contributed by atoms with van der Waals surface area (Å²) in [5, 5.41) is 3.28. The number of anilines is 1. The van der Waals surface area contributed by atoms with Crippen LogP contribution in [-0.4, -0.2) is 26.0 Å². The molecule has 3 nitrogen and oxygen atoms in total. The van der Waals surface area contributed by atoms with Crippen molar-refractivity contribution in [1.82, 2.24) is 5.32 Å². The predicted octanol–water partition coefficient (Wildman–Crippen LogP) is 1.98. The van der Waals surface area contributed by atoms with Crippen molar-refractivity contribution in [3.8, 4) is 5.75 Å². The minimum Gasteiger partial charge on any atom is -0.496 e. The number of ether oxygens (including phenoxy) is 1. The van der Waals surface area contributed by atoms with Crippen LogP contribution in [0.1, 0.15) is 6.92 Å². The molecule has 0 heterocycles. The molecule has 0 spiro atoms. The van der Waals surface area contributed by atoms with E-state index in [0.29, 0.717) is 0 Å². The fourth-order valence-electron chi connectivity index (χ4n) is 1.21. The average molecular weight is 226 g/mol. The average Bonchev–Trinajstić information content (AvgIpc) is 2.26. The zero-order valence-corrected chi connectivity index (χ0v) is 10.1. The molecule has 84 valence electrons. The fraction of sp³-hybridized carbons (Fsp3) is 0.455. The van der Waals surface area contributed by atoms with Crippen molar-refractivity contribution in [2.24, 2.45) is 0 Å². The third-order valence-corrected chi connectivity index (χ3v) is 3.03. The first-order valence-corrected chi connectivity index (χ1v) is 6.03. The van der Waals surface area contributed by atoms with Gasteiger partial charge in [-0.15, -0.1) is 11.8 Å². The number of methoxy groups -OCH3 is 1. The first kappa shape index (κ1) is 12.2. The van der Waals surface area contributed by atoms with E-state index in [4.69, 9.17) is 10.5 Å². The summed E-state index contributed by atoms with van der Waals surface area (Å²) < 4.78 is 5.26. The van der Waals surface area contributed by atoms with Gasteiger partial charge in [-0.3, -0.25) is 0 Å². The summed E-state index contributed by atoms with van der Waals surface area (Å²) in [7, 11) is 1.67. The van der Waals surface area contributed by atoms with E-state index in [0.717, 1.165) is 35.2 Å². The highest BCUT2D eigenvalue weighted by atomic mass is 32.2. The second-order valence-electron chi connectivity index (χ2n) is 3.11. The summed E-state index contributed by atoms with van der Waals surface area (Å²) >= 11 is 1.78. The molecule has 1 rings (SSSR count). The molecule has 4 heteroatoms. The van der Waals surface area contributed by atoms with Gasteiger partial charge in [0.15, 0.2) is 0 Å². The van der Waals surface area contributed by atoms with Gasteiger partial charge in [-0.1, -0.05) is 6.92 Å². The van der Waals surface area contributed by atoms with E-state index in [1.807, 2.05) is 18.2 Å². The zero-order chi connectivity index (χ0) is 11.1. The lowest BCUT2D eigenvalue weighted by atomic mass is 10.3. The SMILES string of the molecule is CCNCCSc1ccc(N)cc1OC.